The lowest BCUT2D eigenvalue weighted by atomic mass is 10.1. The normalized spacial score (nSPS) is 10.6. The molecule has 1 N–H and O–H groups in total. The molecule has 2 aromatic rings. The van der Waals surface area contributed by atoms with Crippen LogP contribution in [0.15, 0.2) is 18.2 Å². The van der Waals surface area contributed by atoms with Gasteiger partial charge in [-0.15, -0.1) is 5.10 Å². The van der Waals surface area contributed by atoms with Crippen molar-refractivity contribution in [3.05, 3.63) is 29.6 Å². The van der Waals surface area contributed by atoms with Gasteiger partial charge in [0.05, 0.1) is 18.5 Å². The Balaban J connectivity index is 2.36. The van der Waals surface area contributed by atoms with E-state index in [2.05, 4.69) is 15.5 Å². The van der Waals surface area contributed by atoms with Crippen LogP contribution in [-0.2, 0) is 11.3 Å². The molecule has 1 heterocycles. The molecule has 0 bridgehead atoms. The van der Waals surface area contributed by atoms with Crippen molar-refractivity contribution >= 4 is 5.97 Å². The van der Waals surface area contributed by atoms with Crippen LogP contribution in [0.2, 0.25) is 0 Å². The number of carboxylic acid groups (broad SMARTS) is 1. The molecule has 0 aliphatic heterocycles. The zero-order chi connectivity index (χ0) is 13.1. The number of nitrogens with zero attached hydrogens (tertiary/aromatic N) is 4. The largest absolute Gasteiger partial charge is 0.481 e. The second-order valence-corrected chi connectivity index (χ2v) is 3.85. The predicted octanol–water partition coefficient (Wildman–Crippen LogP) is 1.26. The molecule has 1 aromatic carbocycles. The van der Waals surface area contributed by atoms with Crippen LogP contribution < -0.4 is 0 Å². The Labute approximate surface area is 102 Å². The highest BCUT2D eigenvalue weighted by molar-refractivity contribution is 5.66. The second kappa shape index (κ2) is 4.91. The summed E-state index contributed by atoms with van der Waals surface area (Å²) in [7, 11) is 0. The van der Waals surface area contributed by atoms with E-state index in [1.165, 1.54) is 10.7 Å². The zero-order valence-electron chi connectivity index (χ0n) is 9.67. The van der Waals surface area contributed by atoms with Gasteiger partial charge in [-0.1, -0.05) is 11.6 Å². The van der Waals surface area contributed by atoms with Gasteiger partial charge in [-0.3, -0.25) is 4.79 Å². The number of benzene rings is 1. The van der Waals surface area contributed by atoms with Crippen molar-refractivity contribution in [2.45, 2.75) is 19.9 Å². The fourth-order valence-electron chi connectivity index (χ4n) is 1.56. The second-order valence-electron chi connectivity index (χ2n) is 3.85. The number of carbonyl (C=O) groups is 1. The fraction of sp³-hybridized carbons (Fsp3) is 0.273. The average molecular weight is 250 g/mol. The molecule has 0 aliphatic rings. The van der Waals surface area contributed by atoms with Gasteiger partial charge in [0.2, 0.25) is 0 Å². The van der Waals surface area contributed by atoms with E-state index in [0.29, 0.717) is 0 Å². The van der Waals surface area contributed by atoms with Crippen molar-refractivity contribution in [1.82, 2.24) is 20.2 Å². The van der Waals surface area contributed by atoms with E-state index in [1.54, 1.807) is 12.1 Å². The van der Waals surface area contributed by atoms with Gasteiger partial charge in [0.15, 0.2) is 5.82 Å². The van der Waals surface area contributed by atoms with Crippen molar-refractivity contribution in [1.29, 1.82) is 0 Å². The highest BCUT2D eigenvalue weighted by Crippen LogP contribution is 2.21. The van der Waals surface area contributed by atoms with Crippen LogP contribution in [0.1, 0.15) is 12.0 Å². The summed E-state index contributed by atoms with van der Waals surface area (Å²) in [4.78, 5) is 10.5. The molecule has 0 saturated heterocycles. The van der Waals surface area contributed by atoms with Gasteiger partial charge in [-0.25, -0.2) is 9.07 Å². The van der Waals surface area contributed by atoms with E-state index in [0.717, 1.165) is 5.56 Å². The van der Waals surface area contributed by atoms with Crippen molar-refractivity contribution in [2.75, 3.05) is 0 Å². The van der Waals surface area contributed by atoms with Gasteiger partial charge in [0, 0.05) is 0 Å². The lowest BCUT2D eigenvalue weighted by molar-refractivity contribution is -0.137. The summed E-state index contributed by atoms with van der Waals surface area (Å²) in [5.74, 6) is -1.16. The summed E-state index contributed by atoms with van der Waals surface area (Å²) in [6.45, 7) is 1.93. The molecule has 2 rings (SSSR count). The van der Waals surface area contributed by atoms with E-state index < -0.39 is 11.8 Å². The molecule has 0 fully saturated rings. The molecule has 0 unspecified atom stereocenters. The van der Waals surface area contributed by atoms with Crippen molar-refractivity contribution in [2.24, 2.45) is 0 Å². The topological polar surface area (TPSA) is 80.9 Å². The van der Waals surface area contributed by atoms with Crippen LogP contribution in [-0.4, -0.2) is 31.3 Å². The third-order valence-corrected chi connectivity index (χ3v) is 2.43. The lowest BCUT2D eigenvalue weighted by Crippen LogP contribution is -2.08. The summed E-state index contributed by atoms with van der Waals surface area (Å²) in [6.07, 6.45) is -0.120. The summed E-state index contributed by atoms with van der Waals surface area (Å²) in [5, 5.41) is 19.5. The van der Waals surface area contributed by atoms with Crippen molar-refractivity contribution < 1.29 is 14.3 Å². The number of aromatic nitrogens is 4. The minimum atomic E-state index is -0.957. The maximum atomic E-state index is 13.7. The fourth-order valence-corrected chi connectivity index (χ4v) is 1.56. The Morgan fingerprint density at radius 1 is 1.50 bits per heavy atom. The van der Waals surface area contributed by atoms with Crippen LogP contribution >= 0.6 is 0 Å². The number of aliphatic carboxylic acids is 1. The molecule has 94 valence electrons. The Morgan fingerprint density at radius 3 is 3.00 bits per heavy atom. The molecule has 0 spiro atoms. The van der Waals surface area contributed by atoms with E-state index in [-0.39, 0.29) is 24.4 Å². The van der Waals surface area contributed by atoms with E-state index in [1.807, 2.05) is 6.92 Å². The van der Waals surface area contributed by atoms with E-state index in [9.17, 15) is 9.18 Å². The Kier molecular flexibility index (Phi) is 3.31. The molecule has 6 nitrogen and oxygen atoms in total. The third-order valence-electron chi connectivity index (χ3n) is 2.43. The summed E-state index contributed by atoms with van der Waals surface area (Å²) in [5.41, 5.74) is 1.14. The monoisotopic (exact) mass is 250 g/mol. The van der Waals surface area contributed by atoms with Gasteiger partial charge in [0.1, 0.15) is 5.82 Å². The number of hydrogen-bond donors (Lipinski definition) is 1. The first-order chi connectivity index (χ1) is 8.58. The Morgan fingerprint density at radius 2 is 2.28 bits per heavy atom. The molecule has 0 atom stereocenters. The number of aryl methyl sites for hydroxylation is 2. The number of carboxylic acids is 1. The number of hydrogen-bond acceptors (Lipinski definition) is 4. The Bertz CT molecular complexity index is 582. The summed E-state index contributed by atoms with van der Waals surface area (Å²) < 4.78 is 15.0. The number of halogens is 1. The quantitative estimate of drug-likeness (QED) is 0.883. The number of tetrazole rings is 1. The maximum absolute atomic E-state index is 13.7. The molecule has 0 aliphatic carbocycles. The smallest absolute Gasteiger partial charge is 0.305 e. The molecule has 0 amide bonds. The van der Waals surface area contributed by atoms with Crippen molar-refractivity contribution in [3.63, 3.8) is 0 Å². The van der Waals surface area contributed by atoms with Gasteiger partial charge < -0.3 is 5.11 Å². The predicted molar refractivity (Wildman–Crippen MR) is 60.2 cm³/mol. The summed E-state index contributed by atoms with van der Waals surface area (Å²) >= 11 is 0. The van der Waals surface area contributed by atoms with Gasteiger partial charge in [-0.05, 0) is 29.5 Å². The van der Waals surface area contributed by atoms with Crippen LogP contribution in [0.25, 0.3) is 11.4 Å². The minimum absolute atomic E-state index is 0.102. The van der Waals surface area contributed by atoms with Gasteiger partial charge in [-0.2, -0.15) is 0 Å². The first kappa shape index (κ1) is 12.2. The van der Waals surface area contributed by atoms with Crippen LogP contribution in [0.5, 0.6) is 0 Å². The van der Waals surface area contributed by atoms with Crippen LogP contribution in [0, 0.1) is 12.7 Å². The average Bonchev–Trinajstić information content (AvgIpc) is 2.77. The molecule has 1 aromatic heterocycles. The van der Waals surface area contributed by atoms with E-state index >= 15 is 0 Å². The standard InChI is InChI=1S/C11H11FN4O2/c1-7-2-3-9(12)8(6-7)11-13-14-15-16(11)5-4-10(17)18/h2-3,6H,4-5H2,1H3,(H,17,18). The third kappa shape index (κ3) is 2.50. The maximum Gasteiger partial charge on any atom is 0.305 e. The lowest BCUT2D eigenvalue weighted by Gasteiger charge is -2.05. The molecule has 7 heteroatoms. The van der Waals surface area contributed by atoms with E-state index in [4.69, 9.17) is 5.11 Å². The van der Waals surface area contributed by atoms with Gasteiger partial charge >= 0.3 is 5.97 Å². The first-order valence-corrected chi connectivity index (χ1v) is 5.32. The minimum Gasteiger partial charge on any atom is -0.481 e. The van der Waals surface area contributed by atoms with Crippen LogP contribution in [0.4, 0.5) is 4.39 Å². The van der Waals surface area contributed by atoms with Crippen molar-refractivity contribution in [3.8, 4) is 11.4 Å². The molecular weight excluding hydrogens is 239 g/mol. The molecule has 18 heavy (non-hydrogen) atoms. The SMILES string of the molecule is Cc1ccc(F)c(-c2nnnn2CCC(=O)O)c1. The highest BCUT2D eigenvalue weighted by Gasteiger charge is 2.14. The first-order valence-electron chi connectivity index (χ1n) is 5.32. The van der Waals surface area contributed by atoms with Gasteiger partial charge in [0.25, 0.3) is 0 Å². The van der Waals surface area contributed by atoms with Crippen LogP contribution in [0.3, 0.4) is 0 Å². The highest BCUT2D eigenvalue weighted by atomic mass is 19.1. The number of rotatable bonds is 4. The molecule has 0 radical (unpaired) electrons. The molecule has 0 saturated carbocycles. The Hall–Kier alpha value is -2.31. The zero-order valence-corrected chi connectivity index (χ0v) is 9.67. The molecular formula is C11H11FN4O2. The summed E-state index contributed by atoms with van der Waals surface area (Å²) in [6, 6.07) is 4.60.